The summed E-state index contributed by atoms with van der Waals surface area (Å²) in [6.45, 7) is 2.48. The number of rotatable bonds is 3. The number of benzene rings is 1. The average Bonchev–Trinajstić information content (AvgIpc) is 2.55. The molecule has 1 saturated carbocycles. The Morgan fingerprint density at radius 3 is 2.75 bits per heavy atom. The van der Waals surface area contributed by atoms with Gasteiger partial charge in [-0.2, -0.15) is 4.99 Å². The number of guanidine groups is 2. The van der Waals surface area contributed by atoms with Gasteiger partial charge in [-0.25, -0.2) is 4.99 Å². The van der Waals surface area contributed by atoms with Crippen molar-refractivity contribution in [1.29, 1.82) is 0 Å². The number of nitrogens with one attached hydrogen (secondary N) is 1. The van der Waals surface area contributed by atoms with E-state index in [0.29, 0.717) is 18.1 Å². The molecular formula is C17H24N6O. The first-order chi connectivity index (χ1) is 11.6. The number of hydrogen-bond donors (Lipinski definition) is 3. The minimum atomic E-state index is -0.492. The molecular weight excluding hydrogens is 304 g/mol. The quantitative estimate of drug-likeness (QED) is 0.782. The van der Waals surface area contributed by atoms with E-state index in [1.165, 1.54) is 6.42 Å². The predicted molar refractivity (Wildman–Crippen MR) is 96.0 cm³/mol. The second-order valence-electron chi connectivity index (χ2n) is 6.23. The molecule has 1 aromatic carbocycles. The predicted octanol–water partition coefficient (Wildman–Crippen LogP) is 1.55. The van der Waals surface area contributed by atoms with Crippen LogP contribution in [-0.4, -0.2) is 30.0 Å². The summed E-state index contributed by atoms with van der Waals surface area (Å²) in [4.78, 5) is 22.9. The van der Waals surface area contributed by atoms with E-state index < -0.39 is 5.66 Å². The van der Waals surface area contributed by atoms with Gasteiger partial charge in [0, 0.05) is 17.8 Å². The van der Waals surface area contributed by atoms with Crippen molar-refractivity contribution in [2.45, 2.75) is 44.7 Å². The third-order valence-electron chi connectivity index (χ3n) is 4.56. The van der Waals surface area contributed by atoms with E-state index in [1.54, 1.807) is 6.07 Å². The first kappa shape index (κ1) is 16.3. The number of carbonyl (C=O) groups is 1. The molecule has 24 heavy (non-hydrogen) atoms. The lowest BCUT2D eigenvalue weighted by molar-refractivity contribution is 0.0956. The van der Waals surface area contributed by atoms with Crippen molar-refractivity contribution in [3.8, 4) is 0 Å². The summed E-state index contributed by atoms with van der Waals surface area (Å²) in [6.07, 6.45) is 5.05. The van der Waals surface area contributed by atoms with Crippen LogP contribution in [0.5, 0.6) is 0 Å². The molecule has 3 rings (SSSR count). The molecule has 7 nitrogen and oxygen atoms in total. The number of aliphatic imine (C=N–C) groups is 2. The molecule has 7 heteroatoms. The Morgan fingerprint density at radius 2 is 2.04 bits per heavy atom. The fourth-order valence-corrected chi connectivity index (χ4v) is 3.54. The lowest BCUT2D eigenvalue weighted by Crippen LogP contribution is -2.58. The van der Waals surface area contributed by atoms with Crippen molar-refractivity contribution in [2.75, 3.05) is 11.4 Å². The van der Waals surface area contributed by atoms with Gasteiger partial charge in [0.1, 0.15) is 5.66 Å². The average molecular weight is 328 g/mol. The van der Waals surface area contributed by atoms with Crippen molar-refractivity contribution in [3.63, 3.8) is 0 Å². The highest BCUT2D eigenvalue weighted by Crippen LogP contribution is 2.39. The monoisotopic (exact) mass is 328 g/mol. The van der Waals surface area contributed by atoms with E-state index >= 15 is 0 Å². The van der Waals surface area contributed by atoms with Crippen LogP contribution in [0.25, 0.3) is 0 Å². The van der Waals surface area contributed by atoms with Gasteiger partial charge in [0.25, 0.3) is 5.91 Å². The maximum absolute atomic E-state index is 12.1. The van der Waals surface area contributed by atoms with Crippen LogP contribution < -0.4 is 21.7 Å². The van der Waals surface area contributed by atoms with Crippen LogP contribution in [0, 0.1) is 0 Å². The summed E-state index contributed by atoms with van der Waals surface area (Å²) in [5.41, 5.74) is 13.0. The van der Waals surface area contributed by atoms with Crippen molar-refractivity contribution in [1.82, 2.24) is 5.32 Å². The van der Waals surface area contributed by atoms with Crippen molar-refractivity contribution < 1.29 is 4.79 Å². The summed E-state index contributed by atoms with van der Waals surface area (Å²) >= 11 is 0. The van der Waals surface area contributed by atoms with Crippen LogP contribution in [0.15, 0.2) is 34.3 Å². The Hall–Kier alpha value is -2.57. The minimum absolute atomic E-state index is 0.104. The van der Waals surface area contributed by atoms with Gasteiger partial charge < -0.3 is 16.8 Å². The molecule has 0 unspecified atom stereocenters. The van der Waals surface area contributed by atoms with Crippen molar-refractivity contribution in [3.05, 3.63) is 29.8 Å². The topological polar surface area (TPSA) is 109 Å². The van der Waals surface area contributed by atoms with Gasteiger partial charge in [-0.1, -0.05) is 12.5 Å². The summed E-state index contributed by atoms with van der Waals surface area (Å²) in [5.74, 6) is 0.454. The first-order valence-electron chi connectivity index (χ1n) is 8.44. The molecule has 1 aromatic rings. The lowest BCUT2D eigenvalue weighted by atomic mass is 9.87. The molecule has 128 valence electrons. The smallest absolute Gasteiger partial charge is 0.251 e. The van der Waals surface area contributed by atoms with Crippen LogP contribution >= 0.6 is 0 Å². The Balaban J connectivity index is 2.01. The first-order valence-corrected chi connectivity index (χ1v) is 8.44. The molecule has 0 saturated heterocycles. The Bertz CT molecular complexity index is 690. The second kappa shape index (κ2) is 6.51. The van der Waals surface area contributed by atoms with Gasteiger partial charge in [-0.3, -0.25) is 9.69 Å². The summed E-state index contributed by atoms with van der Waals surface area (Å²) < 4.78 is 0. The van der Waals surface area contributed by atoms with E-state index in [1.807, 2.05) is 30.0 Å². The van der Waals surface area contributed by atoms with Crippen LogP contribution in [0.2, 0.25) is 0 Å². The Labute approximate surface area is 141 Å². The fraction of sp³-hybridized carbons (Fsp3) is 0.471. The van der Waals surface area contributed by atoms with E-state index in [9.17, 15) is 4.79 Å². The number of nitrogens with two attached hydrogens (primary N) is 2. The molecule has 0 bridgehead atoms. The van der Waals surface area contributed by atoms with E-state index in [2.05, 4.69) is 15.3 Å². The zero-order valence-electron chi connectivity index (χ0n) is 14.0. The Morgan fingerprint density at radius 1 is 1.29 bits per heavy atom. The van der Waals surface area contributed by atoms with Crippen LogP contribution in [0.1, 0.15) is 49.4 Å². The van der Waals surface area contributed by atoms with Crippen LogP contribution in [0.3, 0.4) is 0 Å². The zero-order chi connectivity index (χ0) is 17.2. The molecule has 1 aliphatic heterocycles. The lowest BCUT2D eigenvalue weighted by Gasteiger charge is -2.45. The highest BCUT2D eigenvalue weighted by atomic mass is 16.1. The largest absolute Gasteiger partial charge is 0.369 e. The molecule has 1 aliphatic carbocycles. The molecule has 0 radical (unpaired) electrons. The molecule has 2 aliphatic rings. The number of anilines is 1. The van der Waals surface area contributed by atoms with Crippen molar-refractivity contribution in [2.24, 2.45) is 21.5 Å². The maximum Gasteiger partial charge on any atom is 0.251 e. The summed E-state index contributed by atoms with van der Waals surface area (Å²) in [6, 6.07) is 7.40. The maximum atomic E-state index is 12.1. The zero-order valence-corrected chi connectivity index (χ0v) is 14.0. The molecule has 0 aromatic heterocycles. The van der Waals surface area contributed by atoms with Gasteiger partial charge in [0.05, 0.1) is 0 Å². The highest BCUT2D eigenvalue weighted by molar-refractivity contribution is 6.06. The molecule has 1 heterocycles. The third kappa shape index (κ3) is 2.93. The number of nitrogens with zero attached hydrogens (tertiary/aromatic N) is 3. The van der Waals surface area contributed by atoms with E-state index in [4.69, 9.17) is 11.5 Å². The molecule has 5 N–H and O–H groups in total. The van der Waals surface area contributed by atoms with Gasteiger partial charge in [-0.15, -0.1) is 0 Å². The number of hydrogen-bond acceptors (Lipinski definition) is 6. The summed E-state index contributed by atoms with van der Waals surface area (Å²) in [5, 5.41) is 2.81. The number of carbonyl (C=O) groups excluding carboxylic acids is 1. The molecule has 1 amide bonds. The minimum Gasteiger partial charge on any atom is -0.369 e. The SMILES string of the molecule is CCNC(=O)c1cccc(N2C(N)=NC(N)=NC23CCCCC3)c1. The summed E-state index contributed by atoms with van der Waals surface area (Å²) in [7, 11) is 0. The molecule has 1 fully saturated rings. The Kier molecular flexibility index (Phi) is 4.42. The van der Waals surface area contributed by atoms with Gasteiger partial charge >= 0.3 is 0 Å². The normalized spacial score (nSPS) is 19.6. The van der Waals surface area contributed by atoms with Gasteiger partial charge in [0.15, 0.2) is 0 Å². The van der Waals surface area contributed by atoms with Gasteiger partial charge in [-0.05, 0) is 50.8 Å². The second-order valence-corrected chi connectivity index (χ2v) is 6.23. The van der Waals surface area contributed by atoms with Crippen LogP contribution in [-0.2, 0) is 0 Å². The standard InChI is InChI=1S/C17H24N6O/c1-2-20-14(24)12-7-6-8-13(11-12)23-16(19)21-15(18)22-17(23)9-4-3-5-10-17/h6-8,11H,2-5,9-10H2,1H3,(H,20,24)(H4,18,19,21,22). The molecule has 0 atom stereocenters. The van der Waals surface area contributed by atoms with Crippen molar-refractivity contribution >= 4 is 23.5 Å². The van der Waals surface area contributed by atoms with Gasteiger partial charge in [0.2, 0.25) is 11.9 Å². The number of amides is 1. The molecule has 1 spiro atoms. The highest BCUT2D eigenvalue weighted by Gasteiger charge is 2.42. The fourth-order valence-electron chi connectivity index (χ4n) is 3.54. The van der Waals surface area contributed by atoms with E-state index in [-0.39, 0.29) is 11.9 Å². The third-order valence-corrected chi connectivity index (χ3v) is 4.56. The van der Waals surface area contributed by atoms with E-state index in [0.717, 1.165) is 31.4 Å². The van der Waals surface area contributed by atoms with Crippen LogP contribution in [0.4, 0.5) is 5.69 Å².